The number of urea groups is 1. The smallest absolute Gasteiger partial charge is 0.315 e. The van der Waals surface area contributed by atoms with Crippen LogP contribution in [0.25, 0.3) is 0 Å². The summed E-state index contributed by atoms with van der Waals surface area (Å²) < 4.78 is 0. The number of carboxylic acids is 1. The molecule has 144 valence electrons. The summed E-state index contributed by atoms with van der Waals surface area (Å²) in [6, 6.07) is 0.440. The van der Waals surface area contributed by atoms with Gasteiger partial charge >= 0.3 is 12.0 Å². The Labute approximate surface area is 154 Å². The van der Waals surface area contributed by atoms with Crippen molar-refractivity contribution in [3.63, 3.8) is 0 Å². The van der Waals surface area contributed by atoms with Crippen LogP contribution < -0.4 is 16.0 Å². The highest BCUT2D eigenvalue weighted by molar-refractivity contribution is 8.00. The number of hydrogen-bond acceptors (Lipinski definition) is 4. The predicted octanol–water partition coefficient (Wildman–Crippen LogP) is 2.11. The molecule has 0 aromatic rings. The van der Waals surface area contributed by atoms with Crippen LogP contribution in [-0.2, 0) is 9.59 Å². The minimum Gasteiger partial charge on any atom is -0.481 e. The fourth-order valence-electron chi connectivity index (χ4n) is 2.93. The summed E-state index contributed by atoms with van der Waals surface area (Å²) in [5.74, 6) is 0.392. The van der Waals surface area contributed by atoms with Crippen LogP contribution in [0, 0.1) is 0 Å². The quantitative estimate of drug-likeness (QED) is 0.366. The number of hydrogen-bond donors (Lipinski definition) is 4. The first-order chi connectivity index (χ1) is 12.0. The lowest BCUT2D eigenvalue weighted by atomic mass is 10.0. The van der Waals surface area contributed by atoms with E-state index in [-0.39, 0.29) is 30.4 Å². The zero-order valence-corrected chi connectivity index (χ0v) is 16.0. The van der Waals surface area contributed by atoms with Crippen LogP contribution in [0.2, 0.25) is 0 Å². The van der Waals surface area contributed by atoms with E-state index in [0.717, 1.165) is 37.9 Å². The standard InChI is InChI=1S/C10H16N2O3S.C7H15NO/c13-8(14)4-2-1-3-7-9-6(5-16-7)11-10(15)12-9;1-3-4-5-6-7(9)8-2/h6-7,9H,1-5H2,(H,13,14)(H2,11,12,15);3-6H2,1-2H3,(H,8,9)/t6-,7-,9-;/m0./s1. The summed E-state index contributed by atoms with van der Waals surface area (Å²) in [6.45, 7) is 2.13. The predicted molar refractivity (Wildman–Crippen MR) is 99.8 cm³/mol. The first-order valence-electron chi connectivity index (χ1n) is 9.09. The summed E-state index contributed by atoms with van der Waals surface area (Å²) in [6.07, 6.45) is 6.93. The third-order valence-electron chi connectivity index (χ3n) is 4.35. The Morgan fingerprint density at radius 3 is 2.56 bits per heavy atom. The minimum atomic E-state index is -0.729. The van der Waals surface area contributed by atoms with Crippen molar-refractivity contribution < 1.29 is 19.5 Å². The van der Waals surface area contributed by atoms with E-state index in [1.165, 1.54) is 6.42 Å². The van der Waals surface area contributed by atoms with E-state index in [9.17, 15) is 14.4 Å². The molecular formula is C17H31N3O4S. The van der Waals surface area contributed by atoms with Crippen molar-refractivity contribution in [3.8, 4) is 0 Å². The fourth-order valence-corrected chi connectivity index (χ4v) is 4.47. The minimum absolute atomic E-state index is 0.0640. The molecule has 2 heterocycles. The Hall–Kier alpha value is -1.44. The maximum absolute atomic E-state index is 11.1. The molecule has 0 aromatic heterocycles. The van der Waals surface area contributed by atoms with Crippen molar-refractivity contribution in [2.24, 2.45) is 0 Å². The first kappa shape index (κ1) is 21.6. The molecule has 25 heavy (non-hydrogen) atoms. The van der Waals surface area contributed by atoms with Gasteiger partial charge in [-0.1, -0.05) is 26.2 Å². The van der Waals surface area contributed by atoms with Crippen molar-refractivity contribution >= 4 is 29.7 Å². The number of carbonyl (C=O) groups excluding carboxylic acids is 2. The second kappa shape index (κ2) is 12.0. The van der Waals surface area contributed by atoms with E-state index in [1.54, 1.807) is 7.05 Å². The van der Waals surface area contributed by atoms with Crippen LogP contribution in [-0.4, -0.2) is 53.1 Å². The number of fused-ring (bicyclic) bond motifs is 1. The van der Waals surface area contributed by atoms with E-state index < -0.39 is 5.97 Å². The Morgan fingerprint density at radius 2 is 1.92 bits per heavy atom. The zero-order valence-electron chi connectivity index (χ0n) is 15.2. The second-order valence-electron chi connectivity index (χ2n) is 6.39. The van der Waals surface area contributed by atoms with Crippen LogP contribution in [0.3, 0.4) is 0 Å². The molecule has 2 aliphatic heterocycles. The van der Waals surface area contributed by atoms with Gasteiger partial charge in [-0.25, -0.2) is 4.79 Å². The van der Waals surface area contributed by atoms with Crippen molar-refractivity contribution in [2.75, 3.05) is 12.8 Å². The lowest BCUT2D eigenvalue weighted by Crippen LogP contribution is -2.36. The lowest BCUT2D eigenvalue weighted by molar-refractivity contribution is -0.137. The Morgan fingerprint density at radius 1 is 1.20 bits per heavy atom. The molecule has 0 bridgehead atoms. The summed E-state index contributed by atoms with van der Waals surface area (Å²) in [5, 5.41) is 17.4. The molecular weight excluding hydrogens is 342 g/mol. The van der Waals surface area contributed by atoms with Crippen LogP contribution in [0.5, 0.6) is 0 Å². The van der Waals surface area contributed by atoms with Gasteiger partial charge in [-0.3, -0.25) is 9.59 Å². The van der Waals surface area contributed by atoms with E-state index in [2.05, 4.69) is 22.9 Å². The number of aliphatic carboxylic acids is 1. The summed E-state index contributed by atoms with van der Waals surface area (Å²) in [4.78, 5) is 32.0. The molecule has 2 saturated heterocycles. The first-order valence-corrected chi connectivity index (χ1v) is 10.1. The molecule has 0 aromatic carbocycles. The largest absolute Gasteiger partial charge is 0.481 e. The van der Waals surface area contributed by atoms with Crippen molar-refractivity contribution in [2.45, 2.75) is 75.6 Å². The fraction of sp³-hybridized carbons (Fsp3) is 0.824. The molecule has 0 unspecified atom stereocenters. The van der Waals surface area contributed by atoms with Gasteiger partial charge in [0.25, 0.3) is 0 Å². The number of thioether (sulfide) groups is 1. The highest BCUT2D eigenvalue weighted by Gasteiger charge is 2.42. The Kier molecular flexibility index (Phi) is 10.4. The molecule has 4 N–H and O–H groups in total. The molecule has 0 saturated carbocycles. The Balaban J connectivity index is 0.000000299. The summed E-state index contributed by atoms with van der Waals surface area (Å²) in [7, 11) is 1.67. The number of carboxylic acid groups (broad SMARTS) is 1. The molecule has 7 nitrogen and oxygen atoms in total. The molecule has 3 atom stereocenters. The zero-order chi connectivity index (χ0) is 18.7. The van der Waals surface area contributed by atoms with Crippen LogP contribution in [0.15, 0.2) is 0 Å². The van der Waals surface area contributed by atoms with E-state index >= 15 is 0 Å². The molecule has 2 aliphatic rings. The number of unbranched alkanes of at least 4 members (excludes halogenated alkanes) is 3. The normalized spacial score (nSPS) is 23.8. The maximum Gasteiger partial charge on any atom is 0.315 e. The van der Waals surface area contributed by atoms with E-state index in [0.29, 0.717) is 11.7 Å². The van der Waals surface area contributed by atoms with Gasteiger partial charge in [-0.05, 0) is 19.3 Å². The third-order valence-corrected chi connectivity index (χ3v) is 5.86. The third kappa shape index (κ3) is 8.47. The highest BCUT2D eigenvalue weighted by Crippen LogP contribution is 2.33. The van der Waals surface area contributed by atoms with Gasteiger partial charge in [-0.2, -0.15) is 11.8 Å². The number of rotatable bonds is 9. The van der Waals surface area contributed by atoms with E-state index in [1.807, 2.05) is 11.8 Å². The molecule has 8 heteroatoms. The number of carbonyl (C=O) groups is 3. The van der Waals surface area contributed by atoms with Gasteiger partial charge in [-0.15, -0.1) is 0 Å². The van der Waals surface area contributed by atoms with Crippen molar-refractivity contribution in [1.82, 2.24) is 16.0 Å². The van der Waals surface area contributed by atoms with Crippen LogP contribution in [0.1, 0.15) is 58.3 Å². The van der Waals surface area contributed by atoms with Crippen molar-refractivity contribution in [1.29, 1.82) is 0 Å². The lowest BCUT2D eigenvalue weighted by Gasteiger charge is -2.16. The van der Waals surface area contributed by atoms with Crippen LogP contribution >= 0.6 is 11.8 Å². The topological polar surface area (TPSA) is 108 Å². The molecule has 0 spiro atoms. The number of nitrogens with one attached hydrogen (secondary N) is 3. The van der Waals surface area contributed by atoms with Crippen LogP contribution in [0.4, 0.5) is 4.79 Å². The highest BCUT2D eigenvalue weighted by atomic mass is 32.2. The average molecular weight is 374 g/mol. The Bertz CT molecular complexity index is 448. The molecule has 0 radical (unpaired) electrons. The van der Waals surface area contributed by atoms with Gasteiger partial charge < -0.3 is 21.1 Å². The van der Waals surface area contributed by atoms with Gasteiger partial charge in [0, 0.05) is 30.9 Å². The molecule has 2 fully saturated rings. The van der Waals surface area contributed by atoms with Gasteiger partial charge in [0.15, 0.2) is 0 Å². The summed E-state index contributed by atoms with van der Waals surface area (Å²) >= 11 is 1.87. The molecule has 0 aliphatic carbocycles. The average Bonchev–Trinajstić information content (AvgIpc) is 3.11. The SMILES string of the molecule is CCCCCC(=O)NC.O=C(O)CCCC[C@@H]1SC[C@@H]2NC(=O)N[C@@H]21. The van der Waals surface area contributed by atoms with Crippen molar-refractivity contribution in [3.05, 3.63) is 0 Å². The van der Waals surface area contributed by atoms with Gasteiger partial charge in [0.2, 0.25) is 5.91 Å². The number of amides is 3. The van der Waals surface area contributed by atoms with Gasteiger partial charge in [0.05, 0.1) is 12.1 Å². The maximum atomic E-state index is 11.1. The monoisotopic (exact) mass is 373 g/mol. The molecule has 2 rings (SSSR count). The summed E-state index contributed by atoms with van der Waals surface area (Å²) in [5.41, 5.74) is 0. The second-order valence-corrected chi connectivity index (χ2v) is 7.66. The van der Waals surface area contributed by atoms with E-state index in [4.69, 9.17) is 5.11 Å². The molecule has 3 amide bonds. The van der Waals surface area contributed by atoms with Gasteiger partial charge in [0.1, 0.15) is 0 Å².